The van der Waals surface area contributed by atoms with Gasteiger partial charge in [-0.1, -0.05) is 15.9 Å². The summed E-state index contributed by atoms with van der Waals surface area (Å²) < 4.78 is 13.2. The van der Waals surface area contributed by atoms with Gasteiger partial charge in [0.05, 0.1) is 10.9 Å². The van der Waals surface area contributed by atoms with Crippen LogP contribution < -0.4 is 5.32 Å². The van der Waals surface area contributed by atoms with Crippen molar-refractivity contribution < 1.29 is 14.0 Å². The monoisotopic (exact) mass is 259 g/mol. The molecule has 1 aromatic carbocycles. The van der Waals surface area contributed by atoms with Crippen LogP contribution in [0.5, 0.6) is 0 Å². The zero-order valence-corrected chi connectivity index (χ0v) is 8.67. The molecule has 1 N–H and O–H groups in total. The molecule has 1 aromatic rings. The van der Waals surface area contributed by atoms with Crippen molar-refractivity contribution in [2.45, 2.75) is 0 Å². The highest BCUT2D eigenvalue weighted by molar-refractivity contribution is 9.09. The lowest BCUT2D eigenvalue weighted by atomic mass is 10.1. The standard InChI is InChI=1S/C9H7BrFNO2/c10-4-9(14)7-2-1-6(12-5-13)3-8(7)11/h1-3,5H,4H2,(H,12,13). The maximum absolute atomic E-state index is 13.2. The van der Waals surface area contributed by atoms with Crippen LogP contribution in [-0.2, 0) is 4.79 Å². The molecule has 74 valence electrons. The fraction of sp³-hybridized carbons (Fsp3) is 0.111. The van der Waals surface area contributed by atoms with Gasteiger partial charge >= 0.3 is 0 Å². The van der Waals surface area contributed by atoms with Crippen LogP contribution in [0.15, 0.2) is 18.2 Å². The second kappa shape index (κ2) is 4.85. The molecule has 3 nitrogen and oxygen atoms in total. The summed E-state index contributed by atoms with van der Waals surface area (Å²) in [5.41, 5.74) is 0.335. The Kier molecular flexibility index (Phi) is 3.76. The topological polar surface area (TPSA) is 46.2 Å². The van der Waals surface area contributed by atoms with E-state index in [-0.39, 0.29) is 16.7 Å². The molecule has 0 radical (unpaired) electrons. The molecule has 0 aliphatic rings. The highest BCUT2D eigenvalue weighted by Crippen LogP contribution is 2.15. The quantitative estimate of drug-likeness (QED) is 0.511. The Morgan fingerprint density at radius 2 is 2.29 bits per heavy atom. The number of rotatable bonds is 4. The molecular formula is C9H7BrFNO2. The minimum atomic E-state index is -0.638. The van der Waals surface area contributed by atoms with Gasteiger partial charge in [-0.25, -0.2) is 4.39 Å². The predicted octanol–water partition coefficient (Wildman–Crippen LogP) is 1.97. The summed E-state index contributed by atoms with van der Waals surface area (Å²) in [5.74, 6) is -0.971. The van der Waals surface area contributed by atoms with Gasteiger partial charge in [0.25, 0.3) is 0 Å². The zero-order chi connectivity index (χ0) is 10.6. The van der Waals surface area contributed by atoms with E-state index in [0.29, 0.717) is 12.1 Å². The number of nitrogens with one attached hydrogen (secondary N) is 1. The number of hydrogen-bond acceptors (Lipinski definition) is 2. The molecule has 0 aliphatic carbocycles. The first kappa shape index (κ1) is 10.8. The number of carbonyl (C=O) groups excluding carboxylic acids is 2. The van der Waals surface area contributed by atoms with Crippen molar-refractivity contribution in [3.8, 4) is 0 Å². The van der Waals surface area contributed by atoms with Gasteiger partial charge in [-0.05, 0) is 18.2 Å². The molecule has 0 saturated heterocycles. The van der Waals surface area contributed by atoms with Crippen molar-refractivity contribution in [3.05, 3.63) is 29.6 Å². The number of carbonyl (C=O) groups is 2. The Morgan fingerprint density at radius 1 is 1.57 bits per heavy atom. The molecule has 0 bridgehead atoms. The van der Waals surface area contributed by atoms with Crippen LogP contribution in [0.25, 0.3) is 0 Å². The van der Waals surface area contributed by atoms with E-state index >= 15 is 0 Å². The molecule has 0 saturated carbocycles. The molecule has 0 heterocycles. The Labute approximate surface area is 88.4 Å². The molecule has 1 amide bonds. The molecular weight excluding hydrogens is 253 g/mol. The molecule has 0 spiro atoms. The summed E-state index contributed by atoms with van der Waals surface area (Å²) >= 11 is 2.95. The maximum Gasteiger partial charge on any atom is 0.211 e. The normalized spacial score (nSPS) is 9.57. The van der Waals surface area contributed by atoms with Crippen LogP contribution in [0.1, 0.15) is 10.4 Å². The van der Waals surface area contributed by atoms with Gasteiger partial charge < -0.3 is 5.32 Å². The third-order valence-electron chi connectivity index (χ3n) is 1.62. The maximum atomic E-state index is 13.2. The number of ketones is 1. The molecule has 1 rings (SSSR count). The van der Waals surface area contributed by atoms with E-state index in [1.54, 1.807) is 0 Å². The lowest BCUT2D eigenvalue weighted by Crippen LogP contribution is -2.04. The van der Waals surface area contributed by atoms with Gasteiger partial charge in [0, 0.05) is 5.69 Å². The molecule has 0 aliphatic heterocycles. The Balaban J connectivity index is 3.00. The highest BCUT2D eigenvalue weighted by Gasteiger charge is 2.10. The first-order chi connectivity index (χ1) is 6.69. The first-order valence-electron chi connectivity index (χ1n) is 3.78. The van der Waals surface area contributed by atoms with E-state index < -0.39 is 5.82 Å². The fourth-order valence-corrected chi connectivity index (χ4v) is 1.27. The van der Waals surface area contributed by atoms with Crippen LogP contribution in [0, 0.1) is 5.82 Å². The highest BCUT2D eigenvalue weighted by atomic mass is 79.9. The molecule has 0 fully saturated rings. The molecule has 0 atom stereocenters. The van der Waals surface area contributed by atoms with E-state index in [1.807, 2.05) is 0 Å². The number of anilines is 1. The van der Waals surface area contributed by atoms with E-state index in [2.05, 4.69) is 21.2 Å². The molecule has 5 heteroatoms. The second-order valence-electron chi connectivity index (χ2n) is 2.51. The van der Waals surface area contributed by atoms with Gasteiger partial charge in [0.15, 0.2) is 5.78 Å². The number of benzene rings is 1. The number of hydrogen-bond donors (Lipinski definition) is 1. The molecule has 0 aromatic heterocycles. The van der Waals surface area contributed by atoms with Gasteiger partial charge in [0.2, 0.25) is 6.41 Å². The SMILES string of the molecule is O=CNc1ccc(C(=O)CBr)c(F)c1. The largest absolute Gasteiger partial charge is 0.329 e. The number of Topliss-reactive ketones (excluding diaryl/α,β-unsaturated/α-hetero) is 1. The van der Waals surface area contributed by atoms with Crippen LogP contribution in [0.2, 0.25) is 0 Å². The van der Waals surface area contributed by atoms with Crippen molar-refractivity contribution in [2.75, 3.05) is 10.6 Å². The first-order valence-corrected chi connectivity index (χ1v) is 4.90. The second-order valence-corrected chi connectivity index (χ2v) is 3.07. The zero-order valence-electron chi connectivity index (χ0n) is 7.09. The fourth-order valence-electron chi connectivity index (χ4n) is 0.971. The van der Waals surface area contributed by atoms with Crippen molar-refractivity contribution in [1.82, 2.24) is 0 Å². The van der Waals surface area contributed by atoms with E-state index in [0.717, 1.165) is 6.07 Å². The van der Waals surface area contributed by atoms with Crippen molar-refractivity contribution in [2.24, 2.45) is 0 Å². The van der Waals surface area contributed by atoms with Crippen LogP contribution >= 0.6 is 15.9 Å². The average molecular weight is 260 g/mol. The predicted molar refractivity (Wildman–Crippen MR) is 54.2 cm³/mol. The summed E-state index contributed by atoms with van der Waals surface area (Å²) in [6.07, 6.45) is 0.445. The molecule has 14 heavy (non-hydrogen) atoms. The Hall–Kier alpha value is -1.23. The number of amides is 1. The number of alkyl halides is 1. The van der Waals surface area contributed by atoms with Crippen molar-refractivity contribution in [1.29, 1.82) is 0 Å². The summed E-state index contributed by atoms with van der Waals surface area (Å²) in [7, 11) is 0. The van der Waals surface area contributed by atoms with Crippen molar-refractivity contribution >= 4 is 33.8 Å². The summed E-state index contributed by atoms with van der Waals surface area (Å²) in [6, 6.07) is 3.91. The third-order valence-corrected chi connectivity index (χ3v) is 2.13. The molecule has 0 unspecified atom stereocenters. The van der Waals surface area contributed by atoms with Crippen molar-refractivity contribution in [3.63, 3.8) is 0 Å². The minimum absolute atomic E-state index is 0.0123. The Morgan fingerprint density at radius 3 is 2.79 bits per heavy atom. The number of halogens is 2. The van der Waals surface area contributed by atoms with Gasteiger partial charge in [-0.15, -0.1) is 0 Å². The third kappa shape index (κ3) is 2.38. The van der Waals surface area contributed by atoms with Gasteiger partial charge in [-0.2, -0.15) is 0 Å². The van der Waals surface area contributed by atoms with E-state index in [4.69, 9.17) is 0 Å². The van der Waals surface area contributed by atoms with Crippen LogP contribution in [-0.4, -0.2) is 17.5 Å². The van der Waals surface area contributed by atoms with Crippen LogP contribution in [0.3, 0.4) is 0 Å². The minimum Gasteiger partial charge on any atom is -0.329 e. The summed E-state index contributed by atoms with van der Waals surface area (Å²) in [5, 5.41) is 2.36. The smallest absolute Gasteiger partial charge is 0.211 e. The van der Waals surface area contributed by atoms with Gasteiger partial charge in [0.1, 0.15) is 5.82 Å². The Bertz CT molecular complexity index is 368. The summed E-state index contributed by atoms with van der Waals surface area (Å²) in [4.78, 5) is 21.2. The van der Waals surface area contributed by atoms with E-state index in [9.17, 15) is 14.0 Å². The van der Waals surface area contributed by atoms with Crippen LogP contribution in [0.4, 0.5) is 10.1 Å². The summed E-state index contributed by atoms with van der Waals surface area (Å²) in [6.45, 7) is 0. The average Bonchev–Trinajstić information content (AvgIpc) is 2.17. The van der Waals surface area contributed by atoms with Gasteiger partial charge in [-0.3, -0.25) is 9.59 Å². The van der Waals surface area contributed by atoms with E-state index in [1.165, 1.54) is 12.1 Å². The lowest BCUT2D eigenvalue weighted by molar-refractivity contribution is -0.105. The lowest BCUT2D eigenvalue weighted by Gasteiger charge is -2.02.